The SMILES string of the molecule is CCNC(=NCc1ccc(N2CCC(CO)CC2)cc1)NC1CCC(C(F)(F)F)CC1.I. The molecule has 1 aliphatic carbocycles. The summed E-state index contributed by atoms with van der Waals surface area (Å²) in [5.74, 6) is -0.0866. The van der Waals surface area contributed by atoms with Gasteiger partial charge in [-0.1, -0.05) is 12.1 Å². The number of nitrogens with one attached hydrogen (secondary N) is 2. The predicted molar refractivity (Wildman–Crippen MR) is 134 cm³/mol. The molecular formula is C23H36F3IN4O. The molecule has 0 bridgehead atoms. The summed E-state index contributed by atoms with van der Waals surface area (Å²) in [6, 6.07) is 8.41. The lowest BCUT2D eigenvalue weighted by atomic mass is 9.85. The lowest BCUT2D eigenvalue weighted by Gasteiger charge is -2.33. The van der Waals surface area contributed by atoms with E-state index in [-0.39, 0.29) is 49.5 Å². The number of hydrogen-bond acceptors (Lipinski definition) is 3. The van der Waals surface area contributed by atoms with Crippen LogP contribution in [0, 0.1) is 11.8 Å². The van der Waals surface area contributed by atoms with Crippen molar-refractivity contribution in [2.75, 3.05) is 31.1 Å². The van der Waals surface area contributed by atoms with Crippen LogP contribution in [0.5, 0.6) is 0 Å². The molecule has 2 aliphatic rings. The van der Waals surface area contributed by atoms with Crippen LogP contribution in [0.4, 0.5) is 18.9 Å². The van der Waals surface area contributed by atoms with Crippen LogP contribution in [0.25, 0.3) is 0 Å². The molecule has 0 spiro atoms. The quantitative estimate of drug-likeness (QED) is 0.265. The van der Waals surface area contributed by atoms with E-state index in [1.165, 1.54) is 5.69 Å². The summed E-state index contributed by atoms with van der Waals surface area (Å²) in [5, 5.41) is 15.8. The van der Waals surface area contributed by atoms with Crippen molar-refractivity contribution in [2.24, 2.45) is 16.8 Å². The van der Waals surface area contributed by atoms with E-state index in [0.29, 0.717) is 37.8 Å². The normalized spacial score (nSPS) is 22.9. The van der Waals surface area contributed by atoms with Gasteiger partial charge in [-0.15, -0.1) is 24.0 Å². The standard InChI is InChI=1S/C23H35F3N4O.HI/c1-2-27-22(29-20-7-5-19(6-8-20)23(24,25)26)28-15-17-3-9-21(10-4-17)30-13-11-18(16-31)12-14-30;/h3-4,9-10,18-20,31H,2,5-8,11-16H2,1H3,(H2,27,28,29);1H. The number of rotatable bonds is 6. The lowest BCUT2D eigenvalue weighted by molar-refractivity contribution is -0.182. The van der Waals surface area contributed by atoms with E-state index in [9.17, 15) is 18.3 Å². The summed E-state index contributed by atoms with van der Waals surface area (Å²) in [4.78, 5) is 6.99. The molecule has 0 unspecified atom stereocenters. The first-order chi connectivity index (χ1) is 14.9. The van der Waals surface area contributed by atoms with E-state index in [4.69, 9.17) is 0 Å². The number of nitrogens with zero attached hydrogens (tertiary/aromatic N) is 2. The van der Waals surface area contributed by atoms with Crippen molar-refractivity contribution in [1.82, 2.24) is 10.6 Å². The summed E-state index contributed by atoms with van der Waals surface area (Å²) in [6.07, 6.45) is -0.664. The first-order valence-corrected chi connectivity index (χ1v) is 11.4. The Kier molecular flexibility index (Phi) is 10.9. The van der Waals surface area contributed by atoms with Crippen LogP contribution < -0.4 is 15.5 Å². The molecule has 32 heavy (non-hydrogen) atoms. The van der Waals surface area contributed by atoms with Gasteiger partial charge in [0.25, 0.3) is 0 Å². The summed E-state index contributed by atoms with van der Waals surface area (Å²) < 4.78 is 38.6. The van der Waals surface area contributed by atoms with Gasteiger partial charge >= 0.3 is 6.18 Å². The molecule has 1 saturated carbocycles. The highest BCUT2D eigenvalue weighted by Gasteiger charge is 2.41. The second-order valence-corrected chi connectivity index (χ2v) is 8.71. The van der Waals surface area contributed by atoms with Crippen molar-refractivity contribution in [1.29, 1.82) is 0 Å². The van der Waals surface area contributed by atoms with Gasteiger partial charge in [0.2, 0.25) is 0 Å². The Balaban J connectivity index is 0.00000363. The molecule has 0 amide bonds. The third-order valence-corrected chi connectivity index (χ3v) is 6.47. The number of guanidine groups is 1. The van der Waals surface area contributed by atoms with Gasteiger partial charge in [0.1, 0.15) is 0 Å². The first kappa shape index (κ1) is 27.0. The fourth-order valence-corrected chi connectivity index (χ4v) is 4.43. The third-order valence-electron chi connectivity index (χ3n) is 6.47. The number of aliphatic hydroxyl groups is 1. The number of piperidine rings is 1. The van der Waals surface area contributed by atoms with Crippen LogP contribution in [-0.2, 0) is 6.54 Å². The van der Waals surface area contributed by atoms with Gasteiger partial charge in [-0.3, -0.25) is 0 Å². The average Bonchev–Trinajstić information content (AvgIpc) is 2.78. The highest BCUT2D eigenvalue weighted by atomic mass is 127. The van der Waals surface area contributed by atoms with Gasteiger partial charge in [0.05, 0.1) is 12.5 Å². The van der Waals surface area contributed by atoms with E-state index in [0.717, 1.165) is 31.5 Å². The van der Waals surface area contributed by atoms with Crippen molar-refractivity contribution < 1.29 is 18.3 Å². The number of aliphatic hydroxyl groups excluding tert-OH is 1. The highest BCUT2D eigenvalue weighted by Crippen LogP contribution is 2.37. The fraction of sp³-hybridized carbons (Fsp3) is 0.696. The Morgan fingerprint density at radius 2 is 1.69 bits per heavy atom. The molecule has 0 atom stereocenters. The number of alkyl halides is 3. The second kappa shape index (κ2) is 12.9. The largest absolute Gasteiger partial charge is 0.396 e. The highest BCUT2D eigenvalue weighted by molar-refractivity contribution is 14.0. The van der Waals surface area contributed by atoms with Crippen LogP contribution >= 0.6 is 24.0 Å². The fourth-order valence-electron chi connectivity index (χ4n) is 4.43. The lowest BCUT2D eigenvalue weighted by Crippen LogP contribution is -2.45. The van der Waals surface area contributed by atoms with Gasteiger partial charge in [-0.25, -0.2) is 4.99 Å². The van der Waals surface area contributed by atoms with Crippen LogP contribution in [-0.4, -0.2) is 49.5 Å². The summed E-state index contributed by atoms with van der Waals surface area (Å²) >= 11 is 0. The average molecular weight is 568 g/mol. The zero-order valence-electron chi connectivity index (χ0n) is 18.7. The Morgan fingerprint density at radius 3 is 2.22 bits per heavy atom. The van der Waals surface area contributed by atoms with E-state index >= 15 is 0 Å². The van der Waals surface area contributed by atoms with Gasteiger partial charge in [0, 0.05) is 38.0 Å². The van der Waals surface area contributed by atoms with Gasteiger partial charge in [-0.05, 0) is 69.1 Å². The first-order valence-electron chi connectivity index (χ1n) is 11.4. The maximum atomic E-state index is 12.9. The molecule has 3 rings (SSSR count). The summed E-state index contributed by atoms with van der Waals surface area (Å²) in [6.45, 7) is 5.40. The molecule has 9 heteroatoms. The molecule has 1 heterocycles. The predicted octanol–water partition coefficient (Wildman–Crippen LogP) is 4.69. The molecule has 2 fully saturated rings. The minimum absolute atomic E-state index is 0. The summed E-state index contributed by atoms with van der Waals surface area (Å²) in [5.41, 5.74) is 2.28. The molecule has 3 N–H and O–H groups in total. The van der Waals surface area contributed by atoms with Crippen LogP contribution in [0.2, 0.25) is 0 Å². The van der Waals surface area contributed by atoms with E-state index < -0.39 is 12.1 Å². The Morgan fingerprint density at radius 1 is 1.06 bits per heavy atom. The van der Waals surface area contributed by atoms with Crippen molar-refractivity contribution in [3.05, 3.63) is 29.8 Å². The van der Waals surface area contributed by atoms with Crippen LogP contribution in [0.15, 0.2) is 29.3 Å². The monoisotopic (exact) mass is 568 g/mol. The molecular weight excluding hydrogens is 532 g/mol. The molecule has 1 saturated heterocycles. The summed E-state index contributed by atoms with van der Waals surface area (Å²) in [7, 11) is 0. The molecule has 1 aromatic carbocycles. The smallest absolute Gasteiger partial charge is 0.391 e. The zero-order chi connectivity index (χ0) is 22.3. The molecule has 0 aromatic heterocycles. The molecule has 5 nitrogen and oxygen atoms in total. The van der Waals surface area contributed by atoms with Crippen molar-refractivity contribution in [2.45, 2.75) is 64.2 Å². The van der Waals surface area contributed by atoms with E-state index in [1.54, 1.807) is 0 Å². The van der Waals surface area contributed by atoms with Crippen LogP contribution in [0.3, 0.4) is 0 Å². The number of aliphatic imine (C=N–C) groups is 1. The van der Waals surface area contributed by atoms with Crippen LogP contribution in [0.1, 0.15) is 51.0 Å². The van der Waals surface area contributed by atoms with Gasteiger partial charge in [0.15, 0.2) is 5.96 Å². The van der Waals surface area contributed by atoms with E-state index in [1.807, 2.05) is 6.92 Å². The van der Waals surface area contributed by atoms with E-state index in [2.05, 4.69) is 44.8 Å². The molecule has 0 radical (unpaired) electrons. The van der Waals surface area contributed by atoms with Crippen molar-refractivity contribution in [3.8, 4) is 0 Å². The number of anilines is 1. The number of hydrogen-bond donors (Lipinski definition) is 3. The number of halogens is 4. The van der Waals surface area contributed by atoms with Crippen molar-refractivity contribution in [3.63, 3.8) is 0 Å². The number of benzene rings is 1. The second-order valence-electron chi connectivity index (χ2n) is 8.71. The molecule has 1 aromatic rings. The Labute approximate surface area is 206 Å². The minimum Gasteiger partial charge on any atom is -0.396 e. The third kappa shape index (κ3) is 7.97. The minimum atomic E-state index is -4.08. The maximum Gasteiger partial charge on any atom is 0.391 e. The Bertz CT molecular complexity index is 698. The van der Waals surface area contributed by atoms with Gasteiger partial charge in [-0.2, -0.15) is 13.2 Å². The zero-order valence-corrected chi connectivity index (χ0v) is 21.0. The topological polar surface area (TPSA) is 59.9 Å². The maximum absolute atomic E-state index is 12.9. The Hall–Kier alpha value is -1.23. The van der Waals surface area contributed by atoms with Gasteiger partial charge < -0.3 is 20.6 Å². The molecule has 182 valence electrons. The molecule has 1 aliphatic heterocycles. The van der Waals surface area contributed by atoms with Crippen molar-refractivity contribution >= 4 is 35.6 Å².